The van der Waals surface area contributed by atoms with Gasteiger partial charge < -0.3 is 19.1 Å². The van der Waals surface area contributed by atoms with Gasteiger partial charge in [0.2, 0.25) is 22.7 Å². The Balaban J connectivity index is 1.64. The summed E-state index contributed by atoms with van der Waals surface area (Å²) < 4.78 is 42.2. The first-order valence-corrected chi connectivity index (χ1v) is 8.29. The highest BCUT2D eigenvalue weighted by molar-refractivity contribution is 7.89. The van der Waals surface area contributed by atoms with Crippen LogP contribution in [0.25, 0.3) is 0 Å². The summed E-state index contributed by atoms with van der Waals surface area (Å²) in [5.74, 6) is 0.610. The van der Waals surface area contributed by atoms with Gasteiger partial charge in [-0.2, -0.15) is 0 Å². The van der Waals surface area contributed by atoms with Crippen molar-refractivity contribution in [3.05, 3.63) is 18.2 Å². The maximum absolute atomic E-state index is 12.2. The number of nitrogens with zero attached hydrogens (tertiary/aromatic N) is 1. The van der Waals surface area contributed by atoms with Crippen LogP contribution in [0.3, 0.4) is 0 Å². The van der Waals surface area contributed by atoms with Crippen molar-refractivity contribution in [1.29, 1.82) is 0 Å². The molecule has 0 spiro atoms. The largest absolute Gasteiger partial charge is 0.454 e. The molecule has 0 unspecified atom stereocenters. The maximum atomic E-state index is 12.2. The minimum atomic E-state index is -3.78. The second-order valence-electron chi connectivity index (χ2n) is 4.83. The summed E-state index contributed by atoms with van der Waals surface area (Å²) in [6.07, 6.45) is 0. The number of carbonyl (C=O) groups is 1. The molecule has 2 aliphatic heterocycles. The Bertz CT molecular complexity index is 669. The van der Waals surface area contributed by atoms with Crippen LogP contribution >= 0.6 is 0 Å². The van der Waals surface area contributed by atoms with E-state index in [1.54, 1.807) is 4.90 Å². The highest BCUT2D eigenvalue weighted by atomic mass is 32.2. The molecular weight excluding hydrogens is 312 g/mol. The predicted octanol–water partition coefficient (Wildman–Crippen LogP) is -0.448. The quantitative estimate of drug-likeness (QED) is 0.805. The number of rotatable bonds is 4. The Morgan fingerprint density at radius 1 is 1.18 bits per heavy atom. The predicted molar refractivity (Wildman–Crippen MR) is 75.2 cm³/mol. The highest BCUT2D eigenvalue weighted by Crippen LogP contribution is 2.33. The second-order valence-corrected chi connectivity index (χ2v) is 6.60. The molecule has 1 aromatic carbocycles. The lowest BCUT2D eigenvalue weighted by Crippen LogP contribution is -2.45. The highest BCUT2D eigenvalue weighted by Gasteiger charge is 2.23. The van der Waals surface area contributed by atoms with Crippen LogP contribution in [0, 0.1) is 0 Å². The molecular formula is C13H16N2O6S. The van der Waals surface area contributed by atoms with Gasteiger partial charge in [0.1, 0.15) is 0 Å². The number of nitrogens with one attached hydrogen (secondary N) is 1. The van der Waals surface area contributed by atoms with Crippen LogP contribution in [-0.4, -0.2) is 58.9 Å². The third kappa shape index (κ3) is 3.16. The summed E-state index contributed by atoms with van der Waals surface area (Å²) in [6.45, 7) is 1.69. The summed E-state index contributed by atoms with van der Waals surface area (Å²) in [4.78, 5) is 13.6. The monoisotopic (exact) mass is 328 g/mol. The third-order valence-corrected chi connectivity index (χ3v) is 4.83. The molecule has 0 aromatic heterocycles. The van der Waals surface area contributed by atoms with Gasteiger partial charge in [0, 0.05) is 19.2 Å². The molecule has 9 heteroatoms. The summed E-state index contributed by atoms with van der Waals surface area (Å²) in [5.41, 5.74) is 0. The lowest BCUT2D eigenvalue weighted by Gasteiger charge is -2.26. The van der Waals surface area contributed by atoms with Crippen molar-refractivity contribution in [3.8, 4) is 11.5 Å². The van der Waals surface area contributed by atoms with Gasteiger partial charge in [-0.05, 0) is 12.1 Å². The summed E-state index contributed by atoms with van der Waals surface area (Å²) in [7, 11) is -3.78. The van der Waals surface area contributed by atoms with E-state index >= 15 is 0 Å². The molecule has 120 valence electrons. The Hall–Kier alpha value is -1.84. The first-order chi connectivity index (χ1) is 10.6. The molecule has 3 rings (SSSR count). The molecule has 1 amide bonds. The molecule has 1 fully saturated rings. The van der Waals surface area contributed by atoms with E-state index in [-0.39, 0.29) is 24.1 Å². The number of fused-ring (bicyclic) bond motifs is 1. The number of hydrogen-bond acceptors (Lipinski definition) is 6. The van der Waals surface area contributed by atoms with Gasteiger partial charge in [-0.25, -0.2) is 13.1 Å². The number of benzene rings is 1. The van der Waals surface area contributed by atoms with Crippen LogP contribution in [0.4, 0.5) is 0 Å². The molecule has 0 saturated carbocycles. The van der Waals surface area contributed by atoms with Gasteiger partial charge in [0.15, 0.2) is 11.5 Å². The average molecular weight is 328 g/mol. The van der Waals surface area contributed by atoms with Gasteiger partial charge in [-0.15, -0.1) is 0 Å². The average Bonchev–Trinajstić information content (AvgIpc) is 3.01. The van der Waals surface area contributed by atoms with Gasteiger partial charge in [-0.3, -0.25) is 4.79 Å². The van der Waals surface area contributed by atoms with Crippen LogP contribution in [0.1, 0.15) is 0 Å². The van der Waals surface area contributed by atoms with Crippen LogP contribution in [0.2, 0.25) is 0 Å². The summed E-state index contributed by atoms with van der Waals surface area (Å²) in [5, 5.41) is 0. The van der Waals surface area contributed by atoms with E-state index in [9.17, 15) is 13.2 Å². The van der Waals surface area contributed by atoms with Crippen molar-refractivity contribution >= 4 is 15.9 Å². The van der Waals surface area contributed by atoms with E-state index in [2.05, 4.69) is 4.72 Å². The fourth-order valence-electron chi connectivity index (χ4n) is 2.21. The molecule has 1 N–H and O–H groups in total. The molecule has 0 atom stereocenters. The Labute approximate surface area is 128 Å². The summed E-state index contributed by atoms with van der Waals surface area (Å²) in [6, 6.07) is 4.32. The molecule has 0 aliphatic carbocycles. The molecule has 8 nitrogen and oxygen atoms in total. The molecule has 0 bridgehead atoms. The molecule has 1 aromatic rings. The molecule has 1 saturated heterocycles. The van der Waals surface area contributed by atoms with Crippen molar-refractivity contribution in [3.63, 3.8) is 0 Å². The Kier molecular flexibility index (Phi) is 4.19. The minimum Gasteiger partial charge on any atom is -0.454 e. The number of sulfonamides is 1. The lowest BCUT2D eigenvalue weighted by atomic mass is 10.3. The number of ether oxygens (including phenoxy) is 3. The smallest absolute Gasteiger partial charge is 0.241 e. The Morgan fingerprint density at radius 2 is 1.91 bits per heavy atom. The van der Waals surface area contributed by atoms with Crippen molar-refractivity contribution in [2.75, 3.05) is 39.6 Å². The van der Waals surface area contributed by atoms with Crippen LogP contribution in [-0.2, 0) is 19.6 Å². The number of carbonyl (C=O) groups excluding carboxylic acids is 1. The van der Waals surface area contributed by atoms with Crippen LogP contribution < -0.4 is 14.2 Å². The minimum absolute atomic E-state index is 0.0338. The van der Waals surface area contributed by atoms with Crippen LogP contribution in [0.15, 0.2) is 23.1 Å². The topological polar surface area (TPSA) is 94.2 Å². The van der Waals surface area contributed by atoms with Crippen molar-refractivity contribution in [2.24, 2.45) is 0 Å². The van der Waals surface area contributed by atoms with Gasteiger partial charge in [-0.1, -0.05) is 0 Å². The fraction of sp³-hybridized carbons (Fsp3) is 0.462. The van der Waals surface area contributed by atoms with E-state index in [1.165, 1.54) is 18.2 Å². The zero-order valence-electron chi connectivity index (χ0n) is 11.8. The zero-order chi connectivity index (χ0) is 15.6. The lowest BCUT2D eigenvalue weighted by molar-refractivity contribution is -0.133. The third-order valence-electron chi connectivity index (χ3n) is 3.43. The SMILES string of the molecule is O=C(CNS(=O)(=O)c1ccc2c(c1)OCO2)N1CCOCC1. The van der Waals surface area contributed by atoms with Gasteiger partial charge in [0.25, 0.3) is 0 Å². The number of hydrogen-bond donors (Lipinski definition) is 1. The van der Waals surface area contributed by atoms with Gasteiger partial charge >= 0.3 is 0 Å². The standard InChI is InChI=1S/C13H16N2O6S/c16-13(15-3-5-19-6-4-15)8-14-22(17,18)10-1-2-11-12(7-10)21-9-20-11/h1-2,7,14H,3-6,8-9H2. The maximum Gasteiger partial charge on any atom is 0.241 e. The van der Waals surface area contributed by atoms with E-state index in [1.807, 2.05) is 0 Å². The zero-order valence-corrected chi connectivity index (χ0v) is 12.6. The summed E-state index contributed by atoms with van der Waals surface area (Å²) >= 11 is 0. The van der Waals surface area contributed by atoms with Crippen LogP contribution in [0.5, 0.6) is 11.5 Å². The first kappa shape index (κ1) is 15.1. The molecule has 2 heterocycles. The first-order valence-electron chi connectivity index (χ1n) is 6.81. The van der Waals surface area contributed by atoms with Crippen molar-refractivity contribution in [2.45, 2.75) is 4.90 Å². The van der Waals surface area contributed by atoms with E-state index < -0.39 is 10.0 Å². The molecule has 2 aliphatic rings. The fourth-order valence-corrected chi connectivity index (χ4v) is 3.20. The number of morpholine rings is 1. The van der Waals surface area contributed by atoms with Crippen molar-refractivity contribution in [1.82, 2.24) is 9.62 Å². The van der Waals surface area contributed by atoms with E-state index in [4.69, 9.17) is 14.2 Å². The van der Waals surface area contributed by atoms with Gasteiger partial charge in [0.05, 0.1) is 24.7 Å². The Morgan fingerprint density at radius 3 is 2.68 bits per heavy atom. The normalized spacial score (nSPS) is 17.5. The van der Waals surface area contributed by atoms with E-state index in [0.29, 0.717) is 37.8 Å². The van der Waals surface area contributed by atoms with Crippen molar-refractivity contribution < 1.29 is 27.4 Å². The van der Waals surface area contributed by atoms with E-state index in [0.717, 1.165) is 0 Å². The number of amides is 1. The molecule has 0 radical (unpaired) electrons. The second kappa shape index (κ2) is 6.11. The molecule has 22 heavy (non-hydrogen) atoms.